The molecule has 2 aromatic rings. The first-order chi connectivity index (χ1) is 11.5. The van der Waals surface area contributed by atoms with Gasteiger partial charge in [0.05, 0.1) is 15.2 Å². The number of fused-ring (bicyclic) bond motifs is 1. The maximum Gasteiger partial charge on any atom is 0.279 e. The molecular weight excluding hydrogens is 342 g/mol. The second kappa shape index (κ2) is 7.47. The fraction of sp³-hybridized carbons (Fsp3) is 0.588. The van der Waals surface area contributed by atoms with Crippen LogP contribution in [0.15, 0.2) is 24.3 Å². The van der Waals surface area contributed by atoms with Crippen molar-refractivity contribution < 1.29 is 8.42 Å². The molecule has 0 radical (unpaired) electrons. The van der Waals surface area contributed by atoms with Gasteiger partial charge >= 0.3 is 0 Å². The third-order valence-electron chi connectivity index (χ3n) is 4.64. The molecule has 1 aliphatic rings. The van der Waals surface area contributed by atoms with Crippen molar-refractivity contribution in [2.75, 3.05) is 7.05 Å². The van der Waals surface area contributed by atoms with Crippen molar-refractivity contribution in [2.45, 2.75) is 57.5 Å². The van der Waals surface area contributed by atoms with Crippen molar-refractivity contribution in [3.63, 3.8) is 0 Å². The Hall–Kier alpha value is -1.02. The lowest BCUT2D eigenvalue weighted by molar-refractivity contribution is 0.281. The summed E-state index contributed by atoms with van der Waals surface area (Å²) in [4.78, 5) is 4.59. The lowest BCUT2D eigenvalue weighted by atomic mass is 9.96. The zero-order valence-corrected chi connectivity index (χ0v) is 15.9. The van der Waals surface area contributed by atoms with E-state index in [1.54, 1.807) is 18.4 Å². The lowest BCUT2D eigenvalue weighted by Crippen LogP contribution is -2.48. The first kappa shape index (κ1) is 17.8. The van der Waals surface area contributed by atoms with Crippen molar-refractivity contribution >= 4 is 31.8 Å². The minimum Gasteiger partial charge on any atom is -0.241 e. The van der Waals surface area contributed by atoms with Crippen LogP contribution in [-0.2, 0) is 16.6 Å². The molecule has 1 heterocycles. The Bertz CT molecular complexity index is 749. The maximum absolute atomic E-state index is 12.6. The molecule has 0 saturated heterocycles. The van der Waals surface area contributed by atoms with E-state index >= 15 is 0 Å². The fourth-order valence-corrected chi connectivity index (χ4v) is 5.75. The second-order valence-electron chi connectivity index (χ2n) is 6.61. The molecule has 7 heteroatoms. The number of hydrogen-bond acceptors (Lipinski definition) is 4. The molecule has 1 N–H and O–H groups in total. The molecule has 1 atom stereocenters. The Balaban J connectivity index is 1.63. The molecule has 0 unspecified atom stereocenters. The molecule has 1 saturated carbocycles. The van der Waals surface area contributed by atoms with E-state index in [0.29, 0.717) is 6.42 Å². The highest BCUT2D eigenvalue weighted by molar-refractivity contribution is 7.87. The van der Waals surface area contributed by atoms with Gasteiger partial charge in [0.2, 0.25) is 0 Å². The smallest absolute Gasteiger partial charge is 0.241 e. The zero-order valence-electron chi connectivity index (χ0n) is 14.2. The minimum atomic E-state index is -3.45. The Kier molecular flexibility index (Phi) is 5.54. The van der Waals surface area contributed by atoms with Gasteiger partial charge in [-0.1, -0.05) is 31.4 Å². The number of hydrogen-bond donors (Lipinski definition) is 1. The monoisotopic (exact) mass is 367 g/mol. The number of benzene rings is 1. The van der Waals surface area contributed by atoms with Crippen molar-refractivity contribution in [1.82, 2.24) is 14.0 Å². The number of nitrogens with zero attached hydrogens (tertiary/aromatic N) is 2. The Morgan fingerprint density at radius 2 is 2.00 bits per heavy atom. The summed E-state index contributed by atoms with van der Waals surface area (Å²) in [6, 6.07) is 7.95. The van der Waals surface area contributed by atoms with Gasteiger partial charge in [-0.05, 0) is 31.9 Å². The molecule has 1 aliphatic carbocycles. The average molecular weight is 368 g/mol. The Morgan fingerprint density at radius 3 is 2.71 bits per heavy atom. The SMILES string of the molecule is C[C@@H](Cc1nc2ccccc2s1)NS(=O)(=O)N(C)C1CCCCC1. The van der Waals surface area contributed by atoms with Crippen molar-refractivity contribution in [1.29, 1.82) is 0 Å². The molecule has 1 fully saturated rings. The Labute approximate surface area is 148 Å². The molecule has 5 nitrogen and oxygen atoms in total. The summed E-state index contributed by atoms with van der Waals surface area (Å²) in [6.07, 6.45) is 5.98. The molecule has 1 aromatic carbocycles. The summed E-state index contributed by atoms with van der Waals surface area (Å²) >= 11 is 1.63. The van der Waals surface area contributed by atoms with Crippen LogP contribution in [0.5, 0.6) is 0 Å². The van der Waals surface area contributed by atoms with E-state index in [1.807, 2.05) is 31.2 Å². The van der Waals surface area contributed by atoms with Crippen molar-refractivity contribution in [3.8, 4) is 0 Å². The van der Waals surface area contributed by atoms with Crippen molar-refractivity contribution in [3.05, 3.63) is 29.3 Å². The van der Waals surface area contributed by atoms with Crippen molar-refractivity contribution in [2.24, 2.45) is 0 Å². The van der Waals surface area contributed by atoms with Gasteiger partial charge in [0, 0.05) is 25.6 Å². The topological polar surface area (TPSA) is 62.3 Å². The van der Waals surface area contributed by atoms with Gasteiger partial charge in [-0.3, -0.25) is 0 Å². The molecule has 24 heavy (non-hydrogen) atoms. The highest BCUT2D eigenvalue weighted by Gasteiger charge is 2.28. The number of para-hydroxylation sites is 1. The first-order valence-electron chi connectivity index (χ1n) is 8.55. The van der Waals surface area contributed by atoms with E-state index in [9.17, 15) is 8.42 Å². The largest absolute Gasteiger partial charge is 0.279 e. The minimum absolute atomic E-state index is 0.130. The third kappa shape index (κ3) is 4.14. The van der Waals surface area contributed by atoms with Crippen LogP contribution in [-0.4, -0.2) is 36.8 Å². The van der Waals surface area contributed by atoms with Crippen LogP contribution in [0.3, 0.4) is 0 Å². The van der Waals surface area contributed by atoms with Gasteiger partial charge in [0.1, 0.15) is 0 Å². The van der Waals surface area contributed by atoms with E-state index in [4.69, 9.17) is 0 Å². The van der Waals surface area contributed by atoms with Crippen LogP contribution in [0, 0.1) is 0 Å². The maximum atomic E-state index is 12.6. The van der Waals surface area contributed by atoms with E-state index in [2.05, 4.69) is 9.71 Å². The second-order valence-corrected chi connectivity index (χ2v) is 9.49. The summed E-state index contributed by atoms with van der Waals surface area (Å²) in [5, 5.41) is 0.965. The van der Waals surface area contributed by atoms with Gasteiger partial charge in [-0.15, -0.1) is 11.3 Å². The van der Waals surface area contributed by atoms with Gasteiger partial charge in [-0.25, -0.2) is 4.98 Å². The third-order valence-corrected chi connectivity index (χ3v) is 7.45. The zero-order chi connectivity index (χ0) is 17.2. The molecule has 0 amide bonds. The molecule has 0 spiro atoms. The molecule has 132 valence electrons. The summed E-state index contributed by atoms with van der Waals surface area (Å²) in [6.45, 7) is 1.90. The Morgan fingerprint density at radius 1 is 1.29 bits per heavy atom. The molecule has 0 bridgehead atoms. The predicted octanol–water partition coefficient (Wildman–Crippen LogP) is 3.33. The highest BCUT2D eigenvalue weighted by Crippen LogP contribution is 2.24. The first-order valence-corrected chi connectivity index (χ1v) is 10.8. The predicted molar refractivity (Wildman–Crippen MR) is 99.5 cm³/mol. The number of aromatic nitrogens is 1. The quantitative estimate of drug-likeness (QED) is 0.852. The van der Waals surface area contributed by atoms with E-state index in [-0.39, 0.29) is 12.1 Å². The summed E-state index contributed by atoms with van der Waals surface area (Å²) in [7, 11) is -1.75. The van der Waals surface area contributed by atoms with Crippen LogP contribution in [0.4, 0.5) is 0 Å². The van der Waals surface area contributed by atoms with Gasteiger partial charge in [-0.2, -0.15) is 17.4 Å². The number of thiazole rings is 1. The normalized spacial score (nSPS) is 18.3. The van der Waals surface area contributed by atoms with Gasteiger partial charge in [0.25, 0.3) is 10.2 Å². The van der Waals surface area contributed by atoms with Crippen LogP contribution >= 0.6 is 11.3 Å². The van der Waals surface area contributed by atoms with Crippen LogP contribution in [0.25, 0.3) is 10.2 Å². The van der Waals surface area contributed by atoms with E-state index < -0.39 is 10.2 Å². The summed E-state index contributed by atoms with van der Waals surface area (Å²) in [5.74, 6) is 0. The molecule has 0 aliphatic heterocycles. The van der Waals surface area contributed by atoms with Crippen LogP contribution in [0.2, 0.25) is 0 Å². The highest BCUT2D eigenvalue weighted by atomic mass is 32.2. The van der Waals surface area contributed by atoms with E-state index in [1.165, 1.54) is 10.7 Å². The molecular formula is C17H25N3O2S2. The number of nitrogens with one attached hydrogen (secondary N) is 1. The van der Waals surface area contributed by atoms with Crippen LogP contribution in [0.1, 0.15) is 44.0 Å². The fourth-order valence-electron chi connectivity index (χ4n) is 3.29. The lowest BCUT2D eigenvalue weighted by Gasteiger charge is -2.31. The van der Waals surface area contributed by atoms with Gasteiger partial charge < -0.3 is 0 Å². The standard InChI is InChI=1S/C17H25N3O2S2/c1-13(12-17-18-15-10-6-7-11-16(15)23-17)19-24(21,22)20(2)14-8-4-3-5-9-14/h6-7,10-11,13-14,19H,3-5,8-9,12H2,1-2H3/t13-/m0/s1. The van der Waals surface area contributed by atoms with Crippen LogP contribution < -0.4 is 4.72 Å². The summed E-state index contributed by atoms with van der Waals surface area (Å²) < 4.78 is 30.7. The van der Waals surface area contributed by atoms with E-state index in [0.717, 1.165) is 40.9 Å². The number of rotatable bonds is 6. The molecule has 3 rings (SSSR count). The van der Waals surface area contributed by atoms with Gasteiger partial charge in [0.15, 0.2) is 0 Å². The average Bonchev–Trinajstić information content (AvgIpc) is 2.96. The summed E-state index contributed by atoms with van der Waals surface area (Å²) in [5.41, 5.74) is 0.979. The molecule has 1 aromatic heterocycles.